The molecular formula is C26H29NSi. The van der Waals surface area contributed by atoms with E-state index in [0.29, 0.717) is 0 Å². The zero-order chi connectivity index (χ0) is 19.1. The Morgan fingerprint density at radius 3 is 2.18 bits per heavy atom. The number of anilines is 2. The van der Waals surface area contributed by atoms with E-state index >= 15 is 0 Å². The molecule has 1 aliphatic carbocycles. The number of para-hydroxylation sites is 1. The van der Waals surface area contributed by atoms with Crippen LogP contribution in [0.1, 0.15) is 43.2 Å². The fraction of sp³-hybridized carbons (Fsp3) is 0.308. The van der Waals surface area contributed by atoms with E-state index in [-0.39, 0.29) is 0 Å². The zero-order valence-electron chi connectivity index (χ0n) is 17.0. The van der Waals surface area contributed by atoms with Crippen molar-refractivity contribution in [1.29, 1.82) is 0 Å². The molecule has 5 rings (SSSR count). The summed E-state index contributed by atoms with van der Waals surface area (Å²) >= 11 is 0. The van der Waals surface area contributed by atoms with E-state index in [2.05, 4.69) is 85.9 Å². The van der Waals surface area contributed by atoms with Crippen molar-refractivity contribution in [3.8, 4) is 0 Å². The quantitative estimate of drug-likeness (QED) is 0.602. The van der Waals surface area contributed by atoms with Crippen molar-refractivity contribution in [3.05, 3.63) is 77.9 Å². The molecule has 0 amide bonds. The largest absolute Gasteiger partial charge is 0.356 e. The molecule has 0 radical (unpaired) electrons. The first-order valence-corrected chi connectivity index (χ1v) is 12.8. The van der Waals surface area contributed by atoms with Gasteiger partial charge in [-0.1, -0.05) is 92.3 Å². The van der Waals surface area contributed by atoms with Gasteiger partial charge in [-0.2, -0.15) is 0 Å². The molecule has 3 aromatic rings. The van der Waals surface area contributed by atoms with Crippen molar-refractivity contribution in [3.63, 3.8) is 0 Å². The molecule has 0 aromatic heterocycles. The van der Waals surface area contributed by atoms with E-state index in [1.54, 1.807) is 15.6 Å². The minimum atomic E-state index is -2.11. The Hall–Kier alpha value is -2.32. The number of benzene rings is 3. The number of fused-ring (bicyclic) bond motifs is 2. The lowest BCUT2D eigenvalue weighted by atomic mass is 10.0. The lowest BCUT2D eigenvalue weighted by molar-refractivity contribution is 0.497. The van der Waals surface area contributed by atoms with Crippen LogP contribution in [-0.2, 0) is 0 Å². The summed E-state index contributed by atoms with van der Waals surface area (Å²) < 4.78 is 0. The molecule has 1 nitrogen and oxygen atoms in total. The SMILES string of the molecule is Cc1ccc([Si@@]2(C3CCCCC3)c3ccccc3Nc3cc(C)ccc32)cc1. The summed E-state index contributed by atoms with van der Waals surface area (Å²) in [5.41, 5.74) is 6.13. The average Bonchev–Trinajstić information content (AvgIpc) is 2.73. The van der Waals surface area contributed by atoms with Crippen LogP contribution in [0.15, 0.2) is 66.7 Å². The molecule has 0 spiro atoms. The third-order valence-corrected chi connectivity index (χ3v) is 12.6. The summed E-state index contributed by atoms with van der Waals surface area (Å²) in [6, 6.07) is 25.8. The Balaban J connectivity index is 1.86. The molecule has 1 atom stereocenters. The van der Waals surface area contributed by atoms with Gasteiger partial charge < -0.3 is 5.32 Å². The van der Waals surface area contributed by atoms with Crippen LogP contribution >= 0.6 is 0 Å². The van der Waals surface area contributed by atoms with Gasteiger partial charge in [0.2, 0.25) is 0 Å². The van der Waals surface area contributed by atoms with Crippen molar-refractivity contribution in [2.75, 3.05) is 5.32 Å². The van der Waals surface area contributed by atoms with Crippen LogP contribution in [0, 0.1) is 13.8 Å². The zero-order valence-corrected chi connectivity index (χ0v) is 18.0. The first-order chi connectivity index (χ1) is 13.7. The van der Waals surface area contributed by atoms with Crippen LogP contribution in [0.25, 0.3) is 0 Å². The number of hydrogen-bond donors (Lipinski definition) is 1. The van der Waals surface area contributed by atoms with E-state index in [4.69, 9.17) is 0 Å². The van der Waals surface area contributed by atoms with Gasteiger partial charge in [-0.15, -0.1) is 0 Å². The molecule has 3 aromatic carbocycles. The summed E-state index contributed by atoms with van der Waals surface area (Å²) in [6.45, 7) is 4.41. The van der Waals surface area contributed by atoms with Gasteiger partial charge in [-0.05, 0) is 52.6 Å². The topological polar surface area (TPSA) is 12.0 Å². The van der Waals surface area contributed by atoms with Crippen LogP contribution in [0.4, 0.5) is 11.4 Å². The number of rotatable bonds is 2. The third kappa shape index (κ3) is 2.66. The van der Waals surface area contributed by atoms with Gasteiger partial charge in [0.05, 0.1) is 0 Å². The van der Waals surface area contributed by atoms with E-state index in [1.807, 2.05) is 0 Å². The molecule has 142 valence electrons. The molecule has 1 saturated carbocycles. The molecule has 0 bridgehead atoms. The summed E-state index contributed by atoms with van der Waals surface area (Å²) in [7, 11) is -2.11. The molecule has 1 N–H and O–H groups in total. The van der Waals surface area contributed by atoms with Gasteiger partial charge in [0, 0.05) is 11.4 Å². The van der Waals surface area contributed by atoms with Gasteiger partial charge in [0.15, 0.2) is 8.07 Å². The van der Waals surface area contributed by atoms with Gasteiger partial charge in [-0.25, -0.2) is 0 Å². The van der Waals surface area contributed by atoms with Crippen molar-refractivity contribution in [1.82, 2.24) is 0 Å². The van der Waals surface area contributed by atoms with Crippen LogP contribution in [0.5, 0.6) is 0 Å². The second-order valence-electron chi connectivity index (χ2n) is 8.73. The van der Waals surface area contributed by atoms with Crippen molar-refractivity contribution in [2.45, 2.75) is 51.5 Å². The molecule has 1 heterocycles. The minimum Gasteiger partial charge on any atom is -0.356 e. The highest BCUT2D eigenvalue weighted by atomic mass is 28.3. The Morgan fingerprint density at radius 1 is 0.714 bits per heavy atom. The highest BCUT2D eigenvalue weighted by Crippen LogP contribution is 2.40. The molecule has 1 aliphatic heterocycles. The molecule has 28 heavy (non-hydrogen) atoms. The van der Waals surface area contributed by atoms with E-state index in [1.165, 1.54) is 54.6 Å². The lowest BCUT2D eigenvalue weighted by Gasteiger charge is -2.46. The maximum Gasteiger partial charge on any atom is 0.156 e. The lowest BCUT2D eigenvalue weighted by Crippen LogP contribution is -2.72. The standard InChI is InChI=1S/C26H29NSi/c1-19-12-15-22(16-13-19)28(21-8-4-3-5-9-21)25-11-7-6-10-23(25)27-24-18-20(2)14-17-26(24)28/h6-7,10-18,21,27H,3-5,8-9H2,1-2H3/t28-/m0/s1. The van der Waals surface area contributed by atoms with Gasteiger partial charge in [-0.3, -0.25) is 0 Å². The van der Waals surface area contributed by atoms with Gasteiger partial charge in [0.25, 0.3) is 0 Å². The molecule has 2 heteroatoms. The Kier molecular flexibility index (Phi) is 4.39. The Bertz CT molecular complexity index is 1000. The molecular weight excluding hydrogens is 354 g/mol. The van der Waals surface area contributed by atoms with E-state index in [0.717, 1.165) is 5.54 Å². The van der Waals surface area contributed by atoms with Crippen molar-refractivity contribution in [2.24, 2.45) is 0 Å². The first-order valence-electron chi connectivity index (χ1n) is 10.7. The van der Waals surface area contributed by atoms with E-state index in [9.17, 15) is 0 Å². The average molecular weight is 384 g/mol. The maximum atomic E-state index is 3.79. The first kappa shape index (κ1) is 17.8. The molecule has 2 aliphatic rings. The second-order valence-corrected chi connectivity index (χ2v) is 12.8. The van der Waals surface area contributed by atoms with Crippen LogP contribution in [0.2, 0.25) is 5.54 Å². The van der Waals surface area contributed by atoms with E-state index < -0.39 is 8.07 Å². The van der Waals surface area contributed by atoms with Crippen LogP contribution in [-0.4, -0.2) is 8.07 Å². The monoisotopic (exact) mass is 383 g/mol. The Morgan fingerprint density at radius 2 is 1.39 bits per heavy atom. The third-order valence-electron chi connectivity index (χ3n) is 6.95. The van der Waals surface area contributed by atoms with Gasteiger partial charge in [0.1, 0.15) is 0 Å². The fourth-order valence-corrected chi connectivity index (χ4v) is 11.7. The normalized spacial score (nSPS) is 21.5. The predicted octanol–water partition coefficient (Wildman–Crippen LogP) is 5.16. The number of aryl methyl sites for hydroxylation is 2. The number of hydrogen-bond acceptors (Lipinski definition) is 1. The van der Waals surface area contributed by atoms with Crippen molar-refractivity contribution < 1.29 is 0 Å². The summed E-state index contributed by atoms with van der Waals surface area (Å²) in [6.07, 6.45) is 6.88. The molecule has 0 unspecified atom stereocenters. The predicted molar refractivity (Wildman–Crippen MR) is 124 cm³/mol. The van der Waals surface area contributed by atoms with Crippen LogP contribution in [0.3, 0.4) is 0 Å². The minimum absolute atomic E-state index is 0.772. The van der Waals surface area contributed by atoms with Crippen molar-refractivity contribution >= 4 is 35.0 Å². The highest BCUT2D eigenvalue weighted by Gasteiger charge is 2.50. The highest BCUT2D eigenvalue weighted by molar-refractivity contribution is 7.14. The smallest absolute Gasteiger partial charge is 0.156 e. The maximum absolute atomic E-state index is 3.79. The fourth-order valence-electron chi connectivity index (χ4n) is 5.67. The summed E-state index contributed by atoms with van der Waals surface area (Å²) in [4.78, 5) is 0. The summed E-state index contributed by atoms with van der Waals surface area (Å²) in [5, 5.41) is 8.55. The summed E-state index contributed by atoms with van der Waals surface area (Å²) in [5.74, 6) is 0. The van der Waals surface area contributed by atoms with Gasteiger partial charge >= 0.3 is 0 Å². The molecule has 0 saturated heterocycles. The second kappa shape index (κ2) is 6.93. The number of nitrogens with one attached hydrogen (secondary N) is 1. The van der Waals surface area contributed by atoms with Crippen LogP contribution < -0.4 is 20.9 Å². The Labute approximate surface area is 169 Å². The molecule has 1 fully saturated rings.